The summed E-state index contributed by atoms with van der Waals surface area (Å²) in [5, 5.41) is 0. The van der Waals surface area contributed by atoms with Gasteiger partial charge in [0.05, 0.1) is 16.4 Å². The standard InChI is InChI=1S/C3H6F3NO7S3/c1-15(8,9)7(16(2,10)11)14-17(12,13)3(4,5)6/h1-2H3. The van der Waals surface area contributed by atoms with E-state index in [2.05, 4.69) is 4.28 Å². The first-order chi connectivity index (χ1) is 7.09. The molecule has 0 radical (unpaired) electrons. The number of rotatable bonds is 4. The van der Waals surface area contributed by atoms with Gasteiger partial charge in [-0.2, -0.15) is 21.6 Å². The number of sulfonamides is 2. The summed E-state index contributed by atoms with van der Waals surface area (Å²) in [5.41, 5.74) is -5.96. The summed E-state index contributed by atoms with van der Waals surface area (Å²) < 4.78 is 101. The fraction of sp³-hybridized carbons (Fsp3) is 1.00. The third-order valence-electron chi connectivity index (χ3n) is 0.984. The second kappa shape index (κ2) is 4.34. The molecule has 0 heterocycles. The Morgan fingerprint density at radius 2 is 1.18 bits per heavy atom. The van der Waals surface area contributed by atoms with Gasteiger partial charge in [0.1, 0.15) is 0 Å². The van der Waals surface area contributed by atoms with Crippen LogP contribution in [0.3, 0.4) is 0 Å². The highest BCUT2D eigenvalue weighted by Crippen LogP contribution is 2.26. The van der Waals surface area contributed by atoms with Crippen LogP contribution in [0.2, 0.25) is 0 Å². The molecular weight excluding hydrogens is 315 g/mol. The molecule has 0 aliphatic rings. The van der Waals surface area contributed by atoms with Gasteiger partial charge in [-0.25, -0.2) is 16.8 Å². The molecule has 0 aromatic carbocycles. The lowest BCUT2D eigenvalue weighted by Crippen LogP contribution is -2.40. The maximum atomic E-state index is 11.8. The van der Waals surface area contributed by atoms with Crippen molar-refractivity contribution in [3.8, 4) is 0 Å². The maximum absolute atomic E-state index is 11.8. The van der Waals surface area contributed by atoms with Crippen LogP contribution >= 0.6 is 0 Å². The van der Waals surface area contributed by atoms with Crippen molar-refractivity contribution in [2.75, 3.05) is 12.5 Å². The Morgan fingerprint density at radius 3 is 1.35 bits per heavy atom. The number of hydrogen-bond donors (Lipinski definition) is 0. The molecule has 17 heavy (non-hydrogen) atoms. The topological polar surface area (TPSA) is 115 Å². The van der Waals surface area contributed by atoms with Gasteiger partial charge in [-0.1, -0.05) is 0 Å². The highest BCUT2D eigenvalue weighted by Gasteiger charge is 2.51. The van der Waals surface area contributed by atoms with E-state index in [1.807, 2.05) is 0 Å². The summed E-state index contributed by atoms with van der Waals surface area (Å²) in [6, 6.07) is 0. The zero-order valence-electron chi connectivity index (χ0n) is 8.16. The molecule has 0 saturated carbocycles. The third-order valence-corrected chi connectivity index (χ3v) is 4.94. The first kappa shape index (κ1) is 16.6. The lowest BCUT2D eigenvalue weighted by Gasteiger charge is -2.16. The molecule has 0 rings (SSSR count). The highest BCUT2D eigenvalue weighted by atomic mass is 32.3. The largest absolute Gasteiger partial charge is 0.524 e. The Hall–Kier alpha value is -0.440. The van der Waals surface area contributed by atoms with Crippen LogP contribution in [0.4, 0.5) is 13.2 Å². The number of halogens is 3. The number of nitrogens with zero attached hydrogens (tertiary/aromatic N) is 1. The molecule has 0 bridgehead atoms. The average molecular weight is 321 g/mol. The zero-order chi connectivity index (χ0) is 14.3. The Balaban J connectivity index is 5.66. The Bertz CT molecular complexity index is 552. The van der Waals surface area contributed by atoms with E-state index in [0.29, 0.717) is 0 Å². The molecule has 0 unspecified atom stereocenters. The van der Waals surface area contributed by atoms with E-state index in [0.717, 1.165) is 0 Å². The monoisotopic (exact) mass is 321 g/mol. The average Bonchev–Trinajstić information content (AvgIpc) is 1.93. The minimum Gasteiger partial charge on any atom is -0.209 e. The van der Waals surface area contributed by atoms with Crippen molar-refractivity contribution in [3.63, 3.8) is 0 Å². The normalized spacial score (nSPS) is 15.2. The second-order valence-electron chi connectivity index (χ2n) is 2.66. The molecule has 0 amide bonds. The van der Waals surface area contributed by atoms with Gasteiger partial charge in [0.25, 0.3) is 0 Å². The van der Waals surface area contributed by atoms with E-state index >= 15 is 0 Å². The lowest BCUT2D eigenvalue weighted by atomic mass is 11.6. The Labute approximate surface area is 95.1 Å². The minimum absolute atomic E-state index is 0.153. The number of hydrogen-bond acceptors (Lipinski definition) is 7. The van der Waals surface area contributed by atoms with Crippen LogP contribution in [-0.4, -0.2) is 47.1 Å². The van der Waals surface area contributed by atoms with E-state index in [1.165, 1.54) is 0 Å². The van der Waals surface area contributed by atoms with Crippen LogP contribution in [0.15, 0.2) is 0 Å². The maximum Gasteiger partial charge on any atom is 0.524 e. The molecule has 8 nitrogen and oxygen atoms in total. The van der Waals surface area contributed by atoms with Gasteiger partial charge in [0, 0.05) is 0 Å². The molecule has 0 atom stereocenters. The van der Waals surface area contributed by atoms with Crippen molar-refractivity contribution in [1.29, 1.82) is 0 Å². The van der Waals surface area contributed by atoms with Crippen LogP contribution in [0.5, 0.6) is 0 Å². The minimum atomic E-state index is -6.40. The first-order valence-corrected chi connectivity index (χ1v) is 8.41. The van der Waals surface area contributed by atoms with Gasteiger partial charge >= 0.3 is 15.6 Å². The lowest BCUT2D eigenvalue weighted by molar-refractivity contribution is -0.0624. The molecule has 104 valence electrons. The predicted molar refractivity (Wildman–Crippen MR) is 47.6 cm³/mol. The first-order valence-electron chi connectivity index (χ1n) is 3.30. The summed E-state index contributed by atoms with van der Waals surface area (Å²) in [5.74, 6) is 0. The van der Waals surface area contributed by atoms with E-state index in [9.17, 15) is 38.4 Å². The molecule has 0 N–H and O–H groups in total. The summed E-state index contributed by atoms with van der Waals surface area (Å²) in [6.45, 7) is 0. The highest BCUT2D eigenvalue weighted by molar-refractivity contribution is 8.03. The smallest absolute Gasteiger partial charge is 0.209 e. The fourth-order valence-electron chi connectivity index (χ4n) is 0.479. The predicted octanol–water partition coefficient (Wildman–Crippen LogP) is -1.01. The molecule has 0 saturated heterocycles. The van der Waals surface area contributed by atoms with Gasteiger partial charge in [-0.15, -0.1) is 4.28 Å². The molecule has 0 spiro atoms. The molecule has 14 heteroatoms. The second-order valence-corrected chi connectivity index (χ2v) is 8.01. The van der Waals surface area contributed by atoms with E-state index in [-0.39, 0.29) is 12.5 Å². The zero-order valence-corrected chi connectivity index (χ0v) is 10.6. The number of alkyl halides is 3. The SMILES string of the molecule is CS(=O)(=O)N(OS(=O)(=O)C(F)(F)F)S(C)(=O)=O. The van der Waals surface area contributed by atoms with Crippen LogP contribution < -0.4 is 0 Å². The van der Waals surface area contributed by atoms with E-state index in [1.54, 1.807) is 0 Å². The van der Waals surface area contributed by atoms with Crippen molar-refractivity contribution in [3.05, 3.63) is 0 Å². The van der Waals surface area contributed by atoms with E-state index < -0.39 is 39.5 Å². The van der Waals surface area contributed by atoms with Gasteiger partial charge in [0.15, 0.2) is 0 Å². The van der Waals surface area contributed by atoms with Crippen LogP contribution in [-0.2, 0) is 34.4 Å². The van der Waals surface area contributed by atoms with Crippen LogP contribution in [0.1, 0.15) is 0 Å². The van der Waals surface area contributed by atoms with Gasteiger partial charge < -0.3 is 0 Å². The van der Waals surface area contributed by atoms with Crippen LogP contribution in [0, 0.1) is 0 Å². The Kier molecular flexibility index (Phi) is 4.23. The quantitative estimate of drug-likeness (QED) is 0.481. The molecular formula is C3H6F3NO7S3. The molecule has 0 aromatic heterocycles. The fourth-order valence-corrected chi connectivity index (χ4v) is 4.06. The summed E-state index contributed by atoms with van der Waals surface area (Å²) >= 11 is 0. The molecule has 0 aromatic rings. The summed E-state index contributed by atoms with van der Waals surface area (Å²) in [7, 11) is -16.1. The Morgan fingerprint density at radius 1 is 0.882 bits per heavy atom. The third kappa shape index (κ3) is 4.38. The van der Waals surface area contributed by atoms with Crippen molar-refractivity contribution in [2.45, 2.75) is 5.51 Å². The molecule has 0 aliphatic carbocycles. The van der Waals surface area contributed by atoms with Crippen molar-refractivity contribution >= 4 is 30.2 Å². The molecule has 0 aliphatic heterocycles. The summed E-state index contributed by atoms with van der Waals surface area (Å²) in [6.07, 6.45) is 0.305. The van der Waals surface area contributed by atoms with Crippen molar-refractivity contribution in [1.82, 2.24) is 3.87 Å². The van der Waals surface area contributed by atoms with Gasteiger partial charge in [-0.05, 0) is 0 Å². The van der Waals surface area contributed by atoms with Crippen molar-refractivity contribution in [2.24, 2.45) is 0 Å². The van der Waals surface area contributed by atoms with Gasteiger partial charge in [-0.3, -0.25) is 0 Å². The summed E-state index contributed by atoms with van der Waals surface area (Å²) in [4.78, 5) is 0. The van der Waals surface area contributed by atoms with Crippen molar-refractivity contribution < 1.29 is 42.7 Å². The molecule has 0 fully saturated rings. The van der Waals surface area contributed by atoms with Gasteiger partial charge in [0.2, 0.25) is 20.0 Å². The van der Waals surface area contributed by atoms with E-state index in [4.69, 9.17) is 0 Å². The van der Waals surface area contributed by atoms with Crippen LogP contribution in [0.25, 0.3) is 0 Å².